The molecule has 0 radical (unpaired) electrons. The summed E-state index contributed by atoms with van der Waals surface area (Å²) in [5, 5.41) is 0. The smallest absolute Gasteiger partial charge is 0.149 e. The summed E-state index contributed by atoms with van der Waals surface area (Å²) < 4.78 is 35.3. The van der Waals surface area contributed by atoms with Crippen molar-refractivity contribution < 1.29 is 12.8 Å². The van der Waals surface area contributed by atoms with Crippen LogP contribution in [0.15, 0.2) is 12.1 Å². The molecule has 17 heavy (non-hydrogen) atoms. The molecule has 2 N–H and O–H groups in total. The van der Waals surface area contributed by atoms with Gasteiger partial charge in [-0.3, -0.25) is 0 Å². The van der Waals surface area contributed by atoms with Gasteiger partial charge in [0.2, 0.25) is 0 Å². The fourth-order valence-electron chi connectivity index (χ4n) is 1.44. The van der Waals surface area contributed by atoms with Crippen molar-refractivity contribution in [3.63, 3.8) is 0 Å². The fourth-order valence-corrected chi connectivity index (χ4v) is 2.04. The molecule has 0 atom stereocenters. The minimum Gasteiger partial charge on any atom is -0.397 e. The highest BCUT2D eigenvalue weighted by molar-refractivity contribution is 7.90. The van der Waals surface area contributed by atoms with E-state index >= 15 is 0 Å². The van der Waals surface area contributed by atoms with Gasteiger partial charge in [-0.2, -0.15) is 0 Å². The third kappa shape index (κ3) is 3.89. The maximum atomic E-state index is 13.2. The Labute approximate surface area is 101 Å². The van der Waals surface area contributed by atoms with Crippen LogP contribution in [0.4, 0.5) is 15.8 Å². The average Bonchev–Trinajstić information content (AvgIpc) is 2.19. The van der Waals surface area contributed by atoms with Crippen molar-refractivity contribution in [3.8, 4) is 0 Å². The van der Waals surface area contributed by atoms with Gasteiger partial charge in [-0.1, -0.05) is 0 Å². The Morgan fingerprint density at radius 3 is 2.53 bits per heavy atom. The third-order valence-corrected chi connectivity index (χ3v) is 3.44. The molecule has 0 amide bonds. The summed E-state index contributed by atoms with van der Waals surface area (Å²) >= 11 is 0. The van der Waals surface area contributed by atoms with Gasteiger partial charge in [-0.25, -0.2) is 12.8 Å². The van der Waals surface area contributed by atoms with Crippen LogP contribution in [-0.2, 0) is 9.84 Å². The van der Waals surface area contributed by atoms with Crippen LogP contribution in [0, 0.1) is 12.7 Å². The Hall–Kier alpha value is -1.30. The van der Waals surface area contributed by atoms with Crippen molar-refractivity contribution >= 4 is 21.2 Å². The molecule has 0 heterocycles. The summed E-state index contributed by atoms with van der Waals surface area (Å²) in [6, 6.07) is 2.87. The van der Waals surface area contributed by atoms with Gasteiger partial charge in [0.05, 0.1) is 17.1 Å². The van der Waals surface area contributed by atoms with E-state index in [4.69, 9.17) is 5.73 Å². The summed E-state index contributed by atoms with van der Waals surface area (Å²) in [6.45, 7) is 1.97. The number of nitrogens with two attached hydrogens (primary N) is 1. The SMILES string of the molecule is Cc1cc(N(C)CCS(C)(=O)=O)c(N)cc1F. The lowest BCUT2D eigenvalue weighted by Crippen LogP contribution is -2.25. The first-order chi connectivity index (χ1) is 7.70. The Kier molecular flexibility index (Phi) is 3.98. The molecule has 4 nitrogen and oxygen atoms in total. The number of nitrogens with zero attached hydrogens (tertiary/aromatic N) is 1. The van der Waals surface area contributed by atoms with Crippen LogP contribution in [0.1, 0.15) is 5.56 Å². The van der Waals surface area contributed by atoms with E-state index in [0.29, 0.717) is 23.5 Å². The Bertz CT molecular complexity index is 514. The lowest BCUT2D eigenvalue weighted by molar-refractivity contribution is 0.600. The number of sulfone groups is 1. The zero-order chi connectivity index (χ0) is 13.2. The standard InChI is InChI=1S/C11H17FN2O2S/c1-8-6-11(10(13)7-9(8)12)14(2)4-5-17(3,15)16/h6-7H,4-5,13H2,1-3H3. The zero-order valence-electron chi connectivity index (χ0n) is 10.2. The summed E-state index contributed by atoms with van der Waals surface area (Å²) in [6.07, 6.45) is 1.18. The highest BCUT2D eigenvalue weighted by atomic mass is 32.2. The molecule has 0 aliphatic heterocycles. The Balaban J connectivity index is 2.89. The Morgan fingerprint density at radius 2 is 2.00 bits per heavy atom. The third-order valence-electron chi connectivity index (χ3n) is 2.52. The van der Waals surface area contributed by atoms with Gasteiger partial charge in [-0.15, -0.1) is 0 Å². The molecule has 96 valence electrons. The van der Waals surface area contributed by atoms with Gasteiger partial charge in [0.15, 0.2) is 0 Å². The first-order valence-corrected chi connectivity index (χ1v) is 7.21. The second-order valence-electron chi connectivity index (χ2n) is 4.21. The number of rotatable bonds is 4. The quantitative estimate of drug-likeness (QED) is 0.826. The van der Waals surface area contributed by atoms with Crippen molar-refractivity contribution in [2.24, 2.45) is 0 Å². The van der Waals surface area contributed by atoms with Crippen LogP contribution in [0.25, 0.3) is 0 Å². The van der Waals surface area contributed by atoms with E-state index in [9.17, 15) is 12.8 Å². The first kappa shape index (κ1) is 13.8. The van der Waals surface area contributed by atoms with Crippen LogP contribution >= 0.6 is 0 Å². The van der Waals surface area contributed by atoms with E-state index in [1.165, 1.54) is 12.3 Å². The summed E-state index contributed by atoms with van der Waals surface area (Å²) in [7, 11) is -1.28. The molecule has 0 aliphatic carbocycles. The van der Waals surface area contributed by atoms with Crippen LogP contribution < -0.4 is 10.6 Å². The number of halogens is 1. The zero-order valence-corrected chi connectivity index (χ0v) is 11.0. The number of hydrogen-bond donors (Lipinski definition) is 1. The van der Waals surface area contributed by atoms with Gasteiger partial charge in [0, 0.05) is 19.8 Å². The molecule has 0 fully saturated rings. The minimum absolute atomic E-state index is 0.0410. The van der Waals surface area contributed by atoms with E-state index in [1.54, 1.807) is 24.9 Å². The van der Waals surface area contributed by atoms with Crippen molar-refractivity contribution in [2.75, 3.05) is 36.2 Å². The molecule has 0 saturated heterocycles. The molecule has 1 rings (SSSR count). The van der Waals surface area contributed by atoms with Gasteiger partial charge < -0.3 is 10.6 Å². The fraction of sp³-hybridized carbons (Fsp3) is 0.455. The lowest BCUT2D eigenvalue weighted by Gasteiger charge is -2.21. The molecule has 0 unspecified atom stereocenters. The summed E-state index contributed by atoms with van der Waals surface area (Å²) in [4.78, 5) is 1.71. The molecule has 6 heteroatoms. The highest BCUT2D eigenvalue weighted by Gasteiger charge is 2.11. The predicted molar refractivity (Wildman–Crippen MR) is 68.5 cm³/mol. The summed E-state index contributed by atoms with van der Waals surface area (Å²) in [5.41, 5.74) is 7.14. The normalized spacial score (nSPS) is 11.5. The van der Waals surface area contributed by atoms with E-state index in [0.717, 1.165) is 0 Å². The largest absolute Gasteiger partial charge is 0.397 e. The second kappa shape index (κ2) is 4.91. The van der Waals surface area contributed by atoms with E-state index in [2.05, 4.69) is 0 Å². The van der Waals surface area contributed by atoms with Crippen LogP contribution in [0.2, 0.25) is 0 Å². The number of anilines is 2. The number of nitrogen functional groups attached to an aromatic ring is 1. The molecule has 0 aliphatic rings. The van der Waals surface area contributed by atoms with Gasteiger partial charge in [-0.05, 0) is 24.6 Å². The number of benzene rings is 1. The van der Waals surface area contributed by atoms with Gasteiger partial charge in [0.25, 0.3) is 0 Å². The van der Waals surface area contributed by atoms with Crippen molar-refractivity contribution in [1.82, 2.24) is 0 Å². The number of aryl methyl sites for hydroxylation is 1. The maximum absolute atomic E-state index is 13.2. The van der Waals surface area contributed by atoms with Gasteiger partial charge >= 0.3 is 0 Å². The molecule has 1 aromatic rings. The van der Waals surface area contributed by atoms with Crippen LogP contribution in [0.3, 0.4) is 0 Å². The molecular formula is C11H17FN2O2S. The van der Waals surface area contributed by atoms with Crippen molar-refractivity contribution in [2.45, 2.75) is 6.92 Å². The molecular weight excluding hydrogens is 243 g/mol. The van der Waals surface area contributed by atoms with E-state index < -0.39 is 9.84 Å². The highest BCUT2D eigenvalue weighted by Crippen LogP contribution is 2.25. The average molecular weight is 260 g/mol. The van der Waals surface area contributed by atoms with E-state index in [-0.39, 0.29) is 11.6 Å². The monoisotopic (exact) mass is 260 g/mol. The number of hydrogen-bond acceptors (Lipinski definition) is 4. The topological polar surface area (TPSA) is 63.4 Å². The lowest BCUT2D eigenvalue weighted by atomic mass is 10.1. The minimum atomic E-state index is -3.01. The first-order valence-electron chi connectivity index (χ1n) is 5.15. The Morgan fingerprint density at radius 1 is 1.41 bits per heavy atom. The van der Waals surface area contributed by atoms with Crippen molar-refractivity contribution in [3.05, 3.63) is 23.5 Å². The molecule has 0 spiro atoms. The molecule has 0 saturated carbocycles. The molecule has 0 bridgehead atoms. The second-order valence-corrected chi connectivity index (χ2v) is 6.47. The van der Waals surface area contributed by atoms with Crippen LogP contribution in [-0.4, -0.2) is 34.0 Å². The molecule has 0 aromatic heterocycles. The van der Waals surface area contributed by atoms with Gasteiger partial charge in [0.1, 0.15) is 15.7 Å². The van der Waals surface area contributed by atoms with E-state index in [1.807, 2.05) is 0 Å². The summed E-state index contributed by atoms with van der Waals surface area (Å²) in [5.74, 6) is -0.318. The maximum Gasteiger partial charge on any atom is 0.149 e. The van der Waals surface area contributed by atoms with Crippen LogP contribution in [0.5, 0.6) is 0 Å². The van der Waals surface area contributed by atoms with Crippen molar-refractivity contribution in [1.29, 1.82) is 0 Å². The molecule has 1 aromatic carbocycles. The predicted octanol–water partition coefficient (Wildman–Crippen LogP) is 1.20.